The van der Waals surface area contributed by atoms with Gasteiger partial charge in [-0.2, -0.15) is 0 Å². The van der Waals surface area contributed by atoms with Crippen LogP contribution in [0.5, 0.6) is 0 Å². The second-order valence-corrected chi connectivity index (χ2v) is 6.89. The Labute approximate surface area is 161 Å². The fraction of sp³-hybridized carbons (Fsp3) is 0.304. The Morgan fingerprint density at radius 3 is 2.30 bits per heavy atom. The molecule has 0 aliphatic carbocycles. The predicted octanol–water partition coefficient (Wildman–Crippen LogP) is 4.73. The summed E-state index contributed by atoms with van der Waals surface area (Å²) in [6.07, 6.45) is 4.41. The number of benzene rings is 1. The van der Waals surface area contributed by atoms with Crippen LogP contribution in [0.25, 0.3) is 0 Å². The Morgan fingerprint density at radius 1 is 1.19 bits per heavy atom. The Morgan fingerprint density at radius 2 is 1.81 bits per heavy atom. The quantitative estimate of drug-likeness (QED) is 0.304. The Hall–Kier alpha value is -2.88. The lowest BCUT2D eigenvalue weighted by Gasteiger charge is -2.44. The van der Waals surface area contributed by atoms with Crippen LogP contribution in [0.4, 0.5) is 0 Å². The fourth-order valence-corrected chi connectivity index (χ4v) is 3.14. The van der Waals surface area contributed by atoms with Crippen LogP contribution >= 0.6 is 0 Å². The average molecular weight is 365 g/mol. The van der Waals surface area contributed by atoms with Gasteiger partial charge in [-0.15, -0.1) is 0 Å². The first-order valence-electron chi connectivity index (χ1n) is 9.05. The molecule has 1 unspecified atom stereocenters. The summed E-state index contributed by atoms with van der Waals surface area (Å²) in [7, 11) is 0. The van der Waals surface area contributed by atoms with Crippen molar-refractivity contribution >= 4 is 11.9 Å². The van der Waals surface area contributed by atoms with Gasteiger partial charge in [0.25, 0.3) is 0 Å². The first-order chi connectivity index (χ1) is 12.8. The summed E-state index contributed by atoms with van der Waals surface area (Å²) in [4.78, 5) is 26.9. The maximum atomic E-state index is 13.1. The molecule has 1 aromatic rings. The first kappa shape index (κ1) is 20.4. The first-order valence-corrected chi connectivity index (χ1v) is 9.05. The molecular formula is C23H27NO3. The zero-order chi connectivity index (χ0) is 20.1. The molecule has 1 aliphatic heterocycles. The number of carbonyl (C=O) groups is 2. The summed E-state index contributed by atoms with van der Waals surface area (Å²) in [5, 5.41) is 0. The van der Waals surface area contributed by atoms with Gasteiger partial charge in [-0.3, -0.25) is 4.79 Å². The normalized spacial score (nSPS) is 20.4. The molecule has 4 heteroatoms. The van der Waals surface area contributed by atoms with Crippen molar-refractivity contribution < 1.29 is 14.3 Å². The highest BCUT2D eigenvalue weighted by atomic mass is 16.5. The van der Waals surface area contributed by atoms with Gasteiger partial charge in [0.1, 0.15) is 5.70 Å². The van der Waals surface area contributed by atoms with Crippen LogP contribution in [0.1, 0.15) is 39.4 Å². The molecule has 3 atom stereocenters. The number of esters is 1. The average Bonchev–Trinajstić information content (AvgIpc) is 2.67. The second-order valence-electron chi connectivity index (χ2n) is 6.89. The van der Waals surface area contributed by atoms with Crippen LogP contribution in [0.15, 0.2) is 78.6 Å². The van der Waals surface area contributed by atoms with Gasteiger partial charge in [0.15, 0.2) is 6.10 Å². The van der Waals surface area contributed by atoms with Gasteiger partial charge in [0.05, 0.1) is 5.92 Å². The van der Waals surface area contributed by atoms with Crippen molar-refractivity contribution in [2.45, 2.75) is 39.8 Å². The van der Waals surface area contributed by atoms with Crippen LogP contribution in [0, 0.1) is 5.92 Å². The molecule has 1 fully saturated rings. The molecule has 0 radical (unpaired) electrons. The van der Waals surface area contributed by atoms with Crippen molar-refractivity contribution in [2.24, 2.45) is 5.92 Å². The smallest absolute Gasteiger partial charge is 0.355 e. The van der Waals surface area contributed by atoms with E-state index in [1.807, 2.05) is 58.0 Å². The topological polar surface area (TPSA) is 46.6 Å². The van der Waals surface area contributed by atoms with Crippen LogP contribution in [0.3, 0.4) is 0 Å². The molecule has 0 N–H and O–H groups in total. The number of carbonyl (C=O) groups excluding carboxylic acids is 2. The summed E-state index contributed by atoms with van der Waals surface area (Å²) >= 11 is 0. The van der Waals surface area contributed by atoms with E-state index in [0.717, 1.165) is 11.1 Å². The molecule has 0 spiro atoms. The lowest BCUT2D eigenvalue weighted by atomic mass is 9.89. The van der Waals surface area contributed by atoms with E-state index in [4.69, 9.17) is 4.74 Å². The minimum absolute atomic E-state index is 0.0345. The number of ether oxygens (including phenoxy) is 1. The molecule has 1 saturated heterocycles. The van der Waals surface area contributed by atoms with Crippen LogP contribution < -0.4 is 0 Å². The maximum absolute atomic E-state index is 13.1. The number of likely N-dealkylation sites (tertiary alicyclic amines) is 1. The molecule has 142 valence electrons. The van der Waals surface area contributed by atoms with Crippen molar-refractivity contribution in [3.63, 3.8) is 0 Å². The van der Waals surface area contributed by atoms with Crippen molar-refractivity contribution in [2.75, 3.05) is 0 Å². The van der Waals surface area contributed by atoms with E-state index in [1.165, 1.54) is 4.90 Å². The van der Waals surface area contributed by atoms with Crippen LogP contribution in [-0.4, -0.2) is 22.8 Å². The number of hydrogen-bond acceptors (Lipinski definition) is 3. The van der Waals surface area contributed by atoms with E-state index >= 15 is 0 Å². The third-order valence-corrected chi connectivity index (χ3v) is 4.84. The van der Waals surface area contributed by atoms with E-state index < -0.39 is 12.1 Å². The largest absolute Gasteiger partial charge is 0.448 e. The highest BCUT2D eigenvalue weighted by Gasteiger charge is 2.45. The molecule has 0 bridgehead atoms. The maximum Gasteiger partial charge on any atom is 0.355 e. The lowest BCUT2D eigenvalue weighted by molar-refractivity contribution is -0.158. The van der Waals surface area contributed by atoms with Gasteiger partial charge in [-0.1, -0.05) is 68.6 Å². The zero-order valence-electron chi connectivity index (χ0n) is 16.4. The number of nitrogens with zero attached hydrogens (tertiary/aromatic N) is 1. The fourth-order valence-electron chi connectivity index (χ4n) is 3.14. The third kappa shape index (κ3) is 4.11. The van der Waals surface area contributed by atoms with E-state index in [-0.39, 0.29) is 17.9 Å². The molecule has 4 nitrogen and oxygen atoms in total. The standard InChI is InChI=1S/C23H27NO3/c1-7-12-18(8-2)21(19-13-10-9-11-14-19)27-23(26)20(15(3)4)24-17(6)16(5)22(24)25/h7-14,16-17,21H,1-2H2,3-6H3/b18-12+/t16-,17+,21?/m0/s1. The van der Waals surface area contributed by atoms with Crippen molar-refractivity contribution in [3.05, 3.63) is 84.1 Å². The molecule has 0 saturated carbocycles. The number of rotatable bonds is 7. The summed E-state index contributed by atoms with van der Waals surface area (Å²) < 4.78 is 5.88. The van der Waals surface area contributed by atoms with E-state index in [2.05, 4.69) is 13.2 Å². The van der Waals surface area contributed by atoms with Crippen molar-refractivity contribution in [3.8, 4) is 0 Å². The van der Waals surface area contributed by atoms with Crippen LogP contribution in [-0.2, 0) is 14.3 Å². The summed E-state index contributed by atoms with van der Waals surface area (Å²) in [5.74, 6) is -0.674. The molecule has 1 aliphatic rings. The van der Waals surface area contributed by atoms with Gasteiger partial charge in [0, 0.05) is 6.04 Å². The lowest BCUT2D eigenvalue weighted by Crippen LogP contribution is -2.58. The van der Waals surface area contributed by atoms with E-state index in [0.29, 0.717) is 11.3 Å². The summed E-state index contributed by atoms with van der Waals surface area (Å²) in [6.45, 7) is 15.0. The van der Waals surface area contributed by atoms with E-state index in [9.17, 15) is 9.59 Å². The number of amides is 1. The second kappa shape index (κ2) is 8.67. The highest BCUT2D eigenvalue weighted by molar-refractivity contribution is 5.98. The molecule has 27 heavy (non-hydrogen) atoms. The highest BCUT2D eigenvalue weighted by Crippen LogP contribution is 2.34. The molecule has 2 rings (SSSR count). The molecule has 1 heterocycles. The minimum atomic E-state index is -0.632. The molecule has 1 amide bonds. The van der Waals surface area contributed by atoms with Crippen molar-refractivity contribution in [1.82, 2.24) is 4.90 Å². The van der Waals surface area contributed by atoms with Gasteiger partial charge >= 0.3 is 5.97 Å². The van der Waals surface area contributed by atoms with Crippen molar-refractivity contribution in [1.29, 1.82) is 0 Å². The SMILES string of the molecule is C=C/C=C(\C=C)C(OC(=O)C(=C(C)C)N1C(=O)[C@@H](C)[C@H]1C)c1ccccc1. The number of hydrogen-bond donors (Lipinski definition) is 0. The minimum Gasteiger partial charge on any atom is -0.448 e. The Balaban J connectivity index is 2.39. The zero-order valence-corrected chi connectivity index (χ0v) is 16.4. The van der Waals surface area contributed by atoms with Gasteiger partial charge in [-0.05, 0) is 37.5 Å². The Kier molecular flexibility index (Phi) is 6.56. The summed E-state index contributed by atoms with van der Waals surface area (Å²) in [6, 6.07) is 9.41. The van der Waals surface area contributed by atoms with E-state index in [1.54, 1.807) is 18.2 Å². The number of β-lactam (4-membered cyclic amide) rings is 1. The van der Waals surface area contributed by atoms with Gasteiger partial charge in [0.2, 0.25) is 5.91 Å². The third-order valence-electron chi connectivity index (χ3n) is 4.84. The van der Waals surface area contributed by atoms with Crippen LogP contribution in [0.2, 0.25) is 0 Å². The Bertz CT molecular complexity index is 800. The van der Waals surface area contributed by atoms with Gasteiger partial charge in [-0.25, -0.2) is 4.79 Å². The number of allylic oxidation sites excluding steroid dienone is 3. The molecular weight excluding hydrogens is 338 g/mol. The summed E-state index contributed by atoms with van der Waals surface area (Å²) in [5.41, 5.74) is 2.60. The molecule has 0 aromatic heterocycles. The molecule has 1 aromatic carbocycles. The monoisotopic (exact) mass is 365 g/mol. The van der Waals surface area contributed by atoms with Gasteiger partial charge < -0.3 is 9.64 Å². The predicted molar refractivity (Wildman–Crippen MR) is 108 cm³/mol.